The van der Waals surface area contributed by atoms with Gasteiger partial charge in [-0.05, 0) is 25.0 Å². The van der Waals surface area contributed by atoms with E-state index in [0.717, 1.165) is 12.8 Å². The predicted molar refractivity (Wildman–Crippen MR) is 62.2 cm³/mol. The number of carbonyl (C=O) groups is 2. The zero-order chi connectivity index (χ0) is 13.2. The lowest BCUT2D eigenvalue weighted by molar-refractivity contribution is -0.144. The SMILES string of the molecule is O=C(NC1(C(=O)O)CCCC1)c1ncccc1O. The Hall–Kier alpha value is -2.11. The second kappa shape index (κ2) is 4.64. The van der Waals surface area contributed by atoms with E-state index in [9.17, 15) is 19.8 Å². The van der Waals surface area contributed by atoms with E-state index in [0.29, 0.717) is 12.8 Å². The van der Waals surface area contributed by atoms with Crippen molar-refractivity contribution in [2.45, 2.75) is 31.2 Å². The minimum absolute atomic E-state index is 0.148. The van der Waals surface area contributed by atoms with Crippen molar-refractivity contribution in [1.29, 1.82) is 0 Å². The number of pyridine rings is 1. The van der Waals surface area contributed by atoms with E-state index >= 15 is 0 Å². The van der Waals surface area contributed by atoms with Crippen LogP contribution < -0.4 is 5.32 Å². The molecule has 0 saturated heterocycles. The summed E-state index contributed by atoms with van der Waals surface area (Å²) in [5.41, 5.74) is -1.37. The summed E-state index contributed by atoms with van der Waals surface area (Å²) >= 11 is 0. The monoisotopic (exact) mass is 250 g/mol. The number of nitrogens with one attached hydrogen (secondary N) is 1. The molecule has 1 fully saturated rings. The summed E-state index contributed by atoms with van der Waals surface area (Å²) in [4.78, 5) is 27.0. The number of carboxylic acid groups (broad SMARTS) is 1. The highest BCUT2D eigenvalue weighted by atomic mass is 16.4. The summed E-state index contributed by atoms with van der Waals surface area (Å²) in [6.45, 7) is 0. The van der Waals surface area contributed by atoms with Crippen LogP contribution in [-0.2, 0) is 4.79 Å². The van der Waals surface area contributed by atoms with Gasteiger partial charge >= 0.3 is 5.97 Å². The summed E-state index contributed by atoms with van der Waals surface area (Å²) in [6.07, 6.45) is 3.71. The van der Waals surface area contributed by atoms with Gasteiger partial charge in [-0.1, -0.05) is 12.8 Å². The van der Waals surface area contributed by atoms with Gasteiger partial charge in [-0.15, -0.1) is 0 Å². The minimum atomic E-state index is -1.22. The van der Waals surface area contributed by atoms with E-state index in [-0.39, 0.29) is 11.4 Å². The topological polar surface area (TPSA) is 99.5 Å². The van der Waals surface area contributed by atoms with E-state index in [4.69, 9.17) is 0 Å². The van der Waals surface area contributed by atoms with E-state index in [2.05, 4.69) is 10.3 Å². The molecule has 2 rings (SSSR count). The molecule has 1 aliphatic carbocycles. The van der Waals surface area contributed by atoms with E-state index in [1.165, 1.54) is 18.3 Å². The van der Waals surface area contributed by atoms with Crippen LogP contribution in [-0.4, -0.2) is 32.6 Å². The van der Waals surface area contributed by atoms with Crippen molar-refractivity contribution in [1.82, 2.24) is 10.3 Å². The van der Waals surface area contributed by atoms with Crippen molar-refractivity contribution in [3.05, 3.63) is 24.0 Å². The van der Waals surface area contributed by atoms with Gasteiger partial charge in [-0.2, -0.15) is 0 Å². The van der Waals surface area contributed by atoms with Crippen molar-refractivity contribution in [2.75, 3.05) is 0 Å². The molecule has 3 N–H and O–H groups in total. The molecule has 1 aromatic rings. The summed E-state index contributed by atoms with van der Waals surface area (Å²) in [6, 6.07) is 2.83. The molecule has 0 bridgehead atoms. The molecule has 0 radical (unpaired) electrons. The third-order valence-corrected chi connectivity index (χ3v) is 3.22. The highest BCUT2D eigenvalue weighted by Gasteiger charge is 2.43. The summed E-state index contributed by atoms with van der Waals surface area (Å²) in [7, 11) is 0. The van der Waals surface area contributed by atoms with Crippen molar-refractivity contribution >= 4 is 11.9 Å². The Morgan fingerprint density at radius 3 is 2.56 bits per heavy atom. The number of aromatic nitrogens is 1. The van der Waals surface area contributed by atoms with Gasteiger partial charge in [-0.25, -0.2) is 9.78 Å². The van der Waals surface area contributed by atoms with Crippen LogP contribution in [0.4, 0.5) is 0 Å². The molecular formula is C12H14N2O4. The molecule has 0 spiro atoms. The molecule has 1 saturated carbocycles. The molecule has 1 heterocycles. The molecule has 6 nitrogen and oxygen atoms in total. The second-order valence-electron chi connectivity index (χ2n) is 4.42. The fourth-order valence-electron chi connectivity index (χ4n) is 2.22. The molecular weight excluding hydrogens is 236 g/mol. The van der Waals surface area contributed by atoms with Crippen molar-refractivity contribution in [2.24, 2.45) is 0 Å². The van der Waals surface area contributed by atoms with Crippen LogP contribution in [0.3, 0.4) is 0 Å². The number of aliphatic carboxylic acids is 1. The van der Waals surface area contributed by atoms with Crippen LogP contribution in [0, 0.1) is 0 Å². The number of carbonyl (C=O) groups excluding carboxylic acids is 1. The molecule has 1 amide bonds. The number of rotatable bonds is 3. The van der Waals surface area contributed by atoms with E-state index in [1.807, 2.05) is 0 Å². The normalized spacial score (nSPS) is 17.3. The average molecular weight is 250 g/mol. The van der Waals surface area contributed by atoms with Crippen molar-refractivity contribution in [3.8, 4) is 5.75 Å². The maximum Gasteiger partial charge on any atom is 0.329 e. The highest BCUT2D eigenvalue weighted by molar-refractivity contribution is 5.98. The first-order valence-corrected chi connectivity index (χ1v) is 5.75. The Bertz CT molecular complexity index is 481. The van der Waals surface area contributed by atoms with Gasteiger partial charge in [0.1, 0.15) is 11.3 Å². The van der Waals surface area contributed by atoms with Crippen LogP contribution in [0.1, 0.15) is 36.2 Å². The third kappa shape index (κ3) is 2.13. The summed E-state index contributed by atoms with van der Waals surface area (Å²) in [5, 5.41) is 21.2. The number of amides is 1. The largest absolute Gasteiger partial charge is 0.505 e. The average Bonchev–Trinajstić information content (AvgIpc) is 2.79. The van der Waals surface area contributed by atoms with E-state index in [1.54, 1.807) is 0 Å². The van der Waals surface area contributed by atoms with Crippen LogP contribution >= 0.6 is 0 Å². The Morgan fingerprint density at radius 2 is 2.00 bits per heavy atom. The molecule has 1 aliphatic rings. The lowest BCUT2D eigenvalue weighted by Crippen LogP contribution is -2.52. The Morgan fingerprint density at radius 1 is 1.33 bits per heavy atom. The lowest BCUT2D eigenvalue weighted by Gasteiger charge is -2.25. The quantitative estimate of drug-likeness (QED) is 0.740. The predicted octanol–water partition coefficient (Wildman–Crippen LogP) is 0.914. The van der Waals surface area contributed by atoms with Crippen LogP contribution in [0.25, 0.3) is 0 Å². The van der Waals surface area contributed by atoms with Gasteiger partial charge in [0.2, 0.25) is 0 Å². The molecule has 96 valence electrons. The van der Waals surface area contributed by atoms with Gasteiger partial charge in [0, 0.05) is 6.20 Å². The van der Waals surface area contributed by atoms with Crippen molar-refractivity contribution < 1.29 is 19.8 Å². The Balaban J connectivity index is 2.21. The minimum Gasteiger partial charge on any atom is -0.505 e. The standard InChI is InChI=1S/C12H14N2O4/c15-8-4-3-7-13-9(8)10(16)14-12(11(17)18)5-1-2-6-12/h3-4,7,15H,1-2,5-6H2,(H,14,16)(H,17,18). The fraction of sp³-hybridized carbons (Fsp3) is 0.417. The molecule has 18 heavy (non-hydrogen) atoms. The zero-order valence-electron chi connectivity index (χ0n) is 9.72. The highest BCUT2D eigenvalue weighted by Crippen LogP contribution is 2.30. The number of nitrogens with zero attached hydrogens (tertiary/aromatic N) is 1. The first kappa shape index (κ1) is 12.3. The Labute approximate surface area is 104 Å². The zero-order valence-corrected chi connectivity index (χ0v) is 9.72. The molecule has 0 aliphatic heterocycles. The van der Waals surface area contributed by atoms with Crippen LogP contribution in [0.15, 0.2) is 18.3 Å². The number of hydrogen-bond acceptors (Lipinski definition) is 4. The summed E-state index contributed by atoms with van der Waals surface area (Å²) in [5.74, 6) is -1.95. The molecule has 1 aromatic heterocycles. The number of carboxylic acids is 1. The first-order chi connectivity index (χ1) is 8.55. The third-order valence-electron chi connectivity index (χ3n) is 3.22. The molecule has 6 heteroatoms. The van der Waals surface area contributed by atoms with Gasteiger partial charge in [0.15, 0.2) is 5.69 Å². The maximum atomic E-state index is 11.9. The van der Waals surface area contributed by atoms with Gasteiger partial charge in [0.05, 0.1) is 0 Å². The lowest BCUT2D eigenvalue weighted by atomic mass is 9.97. The molecule has 0 atom stereocenters. The number of hydrogen-bond donors (Lipinski definition) is 3. The maximum absolute atomic E-state index is 11.9. The summed E-state index contributed by atoms with van der Waals surface area (Å²) < 4.78 is 0. The van der Waals surface area contributed by atoms with Gasteiger partial charge < -0.3 is 15.5 Å². The smallest absolute Gasteiger partial charge is 0.329 e. The van der Waals surface area contributed by atoms with Crippen molar-refractivity contribution in [3.63, 3.8) is 0 Å². The van der Waals surface area contributed by atoms with Gasteiger partial charge in [-0.3, -0.25) is 4.79 Å². The molecule has 0 aromatic carbocycles. The number of aromatic hydroxyl groups is 1. The first-order valence-electron chi connectivity index (χ1n) is 5.75. The van der Waals surface area contributed by atoms with Crippen LogP contribution in [0.2, 0.25) is 0 Å². The van der Waals surface area contributed by atoms with E-state index < -0.39 is 17.4 Å². The molecule has 0 unspecified atom stereocenters. The Kier molecular flexibility index (Phi) is 3.18. The fourth-order valence-corrected chi connectivity index (χ4v) is 2.22. The van der Waals surface area contributed by atoms with Crippen LogP contribution in [0.5, 0.6) is 5.75 Å². The van der Waals surface area contributed by atoms with Gasteiger partial charge in [0.25, 0.3) is 5.91 Å². The second-order valence-corrected chi connectivity index (χ2v) is 4.42.